The minimum absolute atomic E-state index is 0.0711. The van der Waals surface area contributed by atoms with Crippen LogP contribution in [0, 0.1) is 6.92 Å². The number of anilines is 1. The third-order valence-corrected chi connectivity index (χ3v) is 5.22. The van der Waals surface area contributed by atoms with E-state index < -0.39 is 0 Å². The molecule has 1 unspecified atom stereocenters. The molecule has 0 aromatic heterocycles. The van der Waals surface area contributed by atoms with Crippen molar-refractivity contribution < 1.29 is 9.69 Å². The summed E-state index contributed by atoms with van der Waals surface area (Å²) in [7, 11) is 2.08. The maximum Gasteiger partial charge on any atom is 0.282 e. The SMILES string of the molecule is CC[C@H](C)c1ccccc1NC(=O)[C@H](C)[NH+](C)Cc1ccccc1C. The fourth-order valence-electron chi connectivity index (χ4n) is 2.99. The summed E-state index contributed by atoms with van der Waals surface area (Å²) in [5, 5.41) is 3.15. The van der Waals surface area contributed by atoms with Crippen LogP contribution in [0.15, 0.2) is 48.5 Å². The van der Waals surface area contributed by atoms with Crippen LogP contribution >= 0.6 is 0 Å². The Morgan fingerprint density at radius 2 is 1.72 bits per heavy atom. The van der Waals surface area contributed by atoms with Gasteiger partial charge in [0, 0.05) is 11.3 Å². The van der Waals surface area contributed by atoms with E-state index >= 15 is 0 Å². The first-order chi connectivity index (χ1) is 11.9. The Balaban J connectivity index is 2.07. The van der Waals surface area contributed by atoms with Crippen molar-refractivity contribution in [2.45, 2.75) is 52.6 Å². The lowest BCUT2D eigenvalue weighted by atomic mass is 9.97. The number of carbonyl (C=O) groups excluding carboxylic acids is 1. The van der Waals surface area contributed by atoms with Crippen molar-refractivity contribution in [3.8, 4) is 0 Å². The van der Waals surface area contributed by atoms with Crippen LogP contribution in [0.25, 0.3) is 0 Å². The van der Waals surface area contributed by atoms with E-state index in [1.54, 1.807) is 0 Å². The van der Waals surface area contributed by atoms with Gasteiger partial charge in [0.15, 0.2) is 6.04 Å². The first kappa shape index (κ1) is 19.2. The molecule has 0 saturated carbocycles. The van der Waals surface area contributed by atoms with E-state index in [2.05, 4.69) is 63.5 Å². The Labute approximate surface area is 152 Å². The summed E-state index contributed by atoms with van der Waals surface area (Å²) in [6, 6.07) is 16.4. The number of likely N-dealkylation sites (N-methyl/N-ethyl adjacent to an activating group) is 1. The van der Waals surface area contributed by atoms with E-state index in [9.17, 15) is 4.79 Å². The van der Waals surface area contributed by atoms with Gasteiger partial charge in [-0.05, 0) is 43.4 Å². The van der Waals surface area contributed by atoms with Crippen molar-refractivity contribution in [1.29, 1.82) is 0 Å². The summed E-state index contributed by atoms with van der Waals surface area (Å²) in [6.45, 7) is 9.33. The molecule has 0 saturated heterocycles. The predicted molar refractivity (Wildman–Crippen MR) is 105 cm³/mol. The third kappa shape index (κ3) is 4.93. The number of para-hydroxylation sites is 1. The number of hydrogen-bond acceptors (Lipinski definition) is 1. The average molecular weight is 340 g/mol. The quantitative estimate of drug-likeness (QED) is 0.795. The second kappa shape index (κ2) is 8.82. The molecule has 2 aromatic rings. The van der Waals surface area contributed by atoms with Gasteiger partial charge in [0.1, 0.15) is 6.54 Å². The van der Waals surface area contributed by atoms with Crippen LogP contribution in [-0.4, -0.2) is 19.0 Å². The number of amides is 1. The molecule has 0 radical (unpaired) electrons. The fourth-order valence-corrected chi connectivity index (χ4v) is 2.99. The van der Waals surface area contributed by atoms with Gasteiger partial charge in [-0.2, -0.15) is 0 Å². The van der Waals surface area contributed by atoms with Gasteiger partial charge in [0.2, 0.25) is 0 Å². The number of carbonyl (C=O) groups is 1. The van der Waals surface area contributed by atoms with E-state index in [1.807, 2.05) is 25.1 Å². The van der Waals surface area contributed by atoms with Gasteiger partial charge in [-0.25, -0.2) is 0 Å². The van der Waals surface area contributed by atoms with Crippen molar-refractivity contribution >= 4 is 11.6 Å². The van der Waals surface area contributed by atoms with Gasteiger partial charge in [-0.1, -0.05) is 56.3 Å². The Morgan fingerprint density at radius 1 is 1.08 bits per heavy atom. The average Bonchev–Trinajstić information content (AvgIpc) is 2.62. The van der Waals surface area contributed by atoms with Crippen LogP contribution in [0.4, 0.5) is 5.69 Å². The standard InChI is InChI=1S/C22H30N2O/c1-6-16(2)20-13-9-10-14-21(20)23-22(25)18(4)24(5)15-19-12-8-7-11-17(19)3/h7-14,16,18H,6,15H2,1-5H3,(H,23,25)/p+1/t16-,18-/m0/s1. The van der Waals surface area contributed by atoms with Gasteiger partial charge in [0.25, 0.3) is 5.91 Å². The van der Waals surface area contributed by atoms with Gasteiger partial charge < -0.3 is 10.2 Å². The highest BCUT2D eigenvalue weighted by Crippen LogP contribution is 2.26. The number of rotatable bonds is 7. The van der Waals surface area contributed by atoms with Crippen LogP contribution in [0.2, 0.25) is 0 Å². The van der Waals surface area contributed by atoms with Crippen molar-refractivity contribution in [2.75, 3.05) is 12.4 Å². The maximum absolute atomic E-state index is 12.8. The minimum Gasteiger partial charge on any atom is -0.324 e. The predicted octanol–water partition coefficient (Wildman–Crippen LogP) is 3.55. The van der Waals surface area contributed by atoms with Crippen LogP contribution in [0.5, 0.6) is 0 Å². The van der Waals surface area contributed by atoms with Crippen LogP contribution < -0.4 is 10.2 Å². The molecule has 3 nitrogen and oxygen atoms in total. The number of aryl methyl sites for hydroxylation is 1. The summed E-state index contributed by atoms with van der Waals surface area (Å²) in [6.07, 6.45) is 1.06. The maximum atomic E-state index is 12.8. The highest BCUT2D eigenvalue weighted by molar-refractivity contribution is 5.94. The molecule has 0 aliphatic rings. The largest absolute Gasteiger partial charge is 0.324 e. The molecule has 0 aliphatic heterocycles. The van der Waals surface area contributed by atoms with Crippen molar-refractivity contribution in [3.05, 3.63) is 65.2 Å². The molecule has 0 bridgehead atoms. The molecule has 1 amide bonds. The first-order valence-electron chi connectivity index (χ1n) is 9.20. The number of quaternary nitrogens is 1. The normalized spacial score (nSPS) is 14.6. The highest BCUT2D eigenvalue weighted by Gasteiger charge is 2.23. The zero-order valence-electron chi connectivity index (χ0n) is 16.1. The van der Waals surface area contributed by atoms with E-state index in [0.717, 1.165) is 18.7 Å². The molecule has 0 heterocycles. The summed E-state index contributed by atoms with van der Waals surface area (Å²) in [4.78, 5) is 13.9. The second-order valence-electron chi connectivity index (χ2n) is 7.06. The van der Waals surface area contributed by atoms with E-state index in [1.165, 1.54) is 21.6 Å². The number of nitrogens with one attached hydrogen (secondary N) is 2. The molecule has 0 fully saturated rings. The van der Waals surface area contributed by atoms with Crippen molar-refractivity contribution in [1.82, 2.24) is 0 Å². The molecule has 3 heteroatoms. The van der Waals surface area contributed by atoms with Gasteiger partial charge >= 0.3 is 0 Å². The van der Waals surface area contributed by atoms with Crippen molar-refractivity contribution in [2.24, 2.45) is 0 Å². The topological polar surface area (TPSA) is 33.5 Å². The molecule has 2 N–H and O–H groups in total. The smallest absolute Gasteiger partial charge is 0.282 e. The molecule has 25 heavy (non-hydrogen) atoms. The molecule has 2 rings (SSSR count). The van der Waals surface area contributed by atoms with Gasteiger partial charge in [0.05, 0.1) is 7.05 Å². The molecule has 0 spiro atoms. The van der Waals surface area contributed by atoms with E-state index in [0.29, 0.717) is 5.92 Å². The highest BCUT2D eigenvalue weighted by atomic mass is 16.2. The van der Waals surface area contributed by atoms with Crippen LogP contribution in [-0.2, 0) is 11.3 Å². The Kier molecular flexibility index (Phi) is 6.77. The summed E-state index contributed by atoms with van der Waals surface area (Å²) < 4.78 is 0. The molecule has 2 aromatic carbocycles. The third-order valence-electron chi connectivity index (χ3n) is 5.22. The molecule has 134 valence electrons. The second-order valence-corrected chi connectivity index (χ2v) is 7.06. The Bertz CT molecular complexity index is 711. The number of benzene rings is 2. The summed E-state index contributed by atoms with van der Waals surface area (Å²) >= 11 is 0. The van der Waals surface area contributed by atoms with Crippen LogP contribution in [0.3, 0.4) is 0 Å². The zero-order chi connectivity index (χ0) is 18.4. The summed E-state index contributed by atoms with van der Waals surface area (Å²) in [5.74, 6) is 0.505. The lowest BCUT2D eigenvalue weighted by molar-refractivity contribution is -0.907. The van der Waals surface area contributed by atoms with Gasteiger partial charge in [-0.15, -0.1) is 0 Å². The fraction of sp³-hybridized carbons (Fsp3) is 0.409. The molecule has 3 atom stereocenters. The van der Waals surface area contributed by atoms with Crippen molar-refractivity contribution in [3.63, 3.8) is 0 Å². The van der Waals surface area contributed by atoms with Crippen LogP contribution in [0.1, 0.15) is 49.8 Å². The van der Waals surface area contributed by atoms with Gasteiger partial charge in [-0.3, -0.25) is 4.79 Å². The summed E-state index contributed by atoms with van der Waals surface area (Å²) in [5.41, 5.74) is 4.72. The first-order valence-corrected chi connectivity index (χ1v) is 9.20. The van der Waals surface area contributed by atoms with E-state index in [4.69, 9.17) is 0 Å². The molecular formula is C22H31N2O+. The Hall–Kier alpha value is -2.13. The molecular weight excluding hydrogens is 308 g/mol. The zero-order valence-corrected chi connectivity index (χ0v) is 16.1. The van der Waals surface area contributed by atoms with E-state index in [-0.39, 0.29) is 11.9 Å². The lowest BCUT2D eigenvalue weighted by Gasteiger charge is -2.23. The minimum atomic E-state index is -0.121. The molecule has 0 aliphatic carbocycles. The lowest BCUT2D eigenvalue weighted by Crippen LogP contribution is -3.12. The Morgan fingerprint density at radius 3 is 2.40 bits per heavy atom. The number of hydrogen-bond donors (Lipinski definition) is 2. The monoisotopic (exact) mass is 339 g/mol.